The summed E-state index contributed by atoms with van der Waals surface area (Å²) in [7, 11) is 1.57. The monoisotopic (exact) mass is 393 g/mol. The molecular formula is C22H23N3O4. The predicted molar refractivity (Wildman–Crippen MR) is 107 cm³/mol. The van der Waals surface area contributed by atoms with Gasteiger partial charge in [0.15, 0.2) is 0 Å². The third-order valence-electron chi connectivity index (χ3n) is 4.84. The fraction of sp³-hybridized carbons (Fsp3) is 0.273. The lowest BCUT2D eigenvalue weighted by Crippen LogP contribution is -2.32. The molecule has 0 saturated heterocycles. The first-order valence-electron chi connectivity index (χ1n) is 9.45. The van der Waals surface area contributed by atoms with Crippen molar-refractivity contribution in [2.45, 2.75) is 26.3 Å². The SMILES string of the molecule is CNC(=O)c1ccc(CNC(=O)CCCN2C(=O)c3ccc(C)cc3C2=O)cc1. The Kier molecular flexibility index (Phi) is 6.07. The minimum Gasteiger partial charge on any atom is -0.355 e. The summed E-state index contributed by atoms with van der Waals surface area (Å²) in [5.41, 5.74) is 3.21. The van der Waals surface area contributed by atoms with E-state index in [2.05, 4.69) is 10.6 Å². The van der Waals surface area contributed by atoms with Crippen molar-refractivity contribution in [3.63, 3.8) is 0 Å². The molecule has 2 aromatic carbocycles. The second kappa shape index (κ2) is 8.68. The van der Waals surface area contributed by atoms with Gasteiger partial charge >= 0.3 is 0 Å². The molecule has 1 aliphatic rings. The molecule has 0 unspecified atom stereocenters. The second-order valence-corrected chi connectivity index (χ2v) is 6.97. The van der Waals surface area contributed by atoms with Crippen molar-refractivity contribution in [2.24, 2.45) is 0 Å². The molecule has 0 saturated carbocycles. The van der Waals surface area contributed by atoms with E-state index in [0.29, 0.717) is 29.7 Å². The van der Waals surface area contributed by atoms with Crippen molar-refractivity contribution >= 4 is 23.6 Å². The van der Waals surface area contributed by atoms with Crippen LogP contribution in [0.2, 0.25) is 0 Å². The highest BCUT2D eigenvalue weighted by Crippen LogP contribution is 2.24. The van der Waals surface area contributed by atoms with Crippen molar-refractivity contribution in [3.8, 4) is 0 Å². The Morgan fingerprint density at radius 3 is 2.34 bits per heavy atom. The van der Waals surface area contributed by atoms with Gasteiger partial charge in [0.25, 0.3) is 17.7 Å². The first-order chi connectivity index (χ1) is 13.9. The molecule has 0 bridgehead atoms. The summed E-state index contributed by atoms with van der Waals surface area (Å²) in [4.78, 5) is 49.6. The van der Waals surface area contributed by atoms with Crippen LogP contribution in [0, 0.1) is 6.92 Å². The highest BCUT2D eigenvalue weighted by atomic mass is 16.2. The van der Waals surface area contributed by atoms with Gasteiger partial charge in [-0.25, -0.2) is 0 Å². The van der Waals surface area contributed by atoms with Gasteiger partial charge in [0.2, 0.25) is 5.91 Å². The molecule has 7 nitrogen and oxygen atoms in total. The lowest BCUT2D eigenvalue weighted by atomic mass is 10.1. The van der Waals surface area contributed by atoms with Gasteiger partial charge in [0, 0.05) is 32.1 Å². The first kappa shape index (κ1) is 20.3. The summed E-state index contributed by atoms with van der Waals surface area (Å²) < 4.78 is 0. The average molecular weight is 393 g/mol. The highest BCUT2D eigenvalue weighted by molar-refractivity contribution is 6.21. The average Bonchev–Trinajstić information content (AvgIpc) is 2.96. The maximum Gasteiger partial charge on any atom is 0.261 e. The van der Waals surface area contributed by atoms with E-state index in [9.17, 15) is 19.2 Å². The summed E-state index contributed by atoms with van der Waals surface area (Å²) in [6.07, 6.45) is 0.606. The summed E-state index contributed by atoms with van der Waals surface area (Å²) in [5, 5.41) is 5.36. The van der Waals surface area contributed by atoms with Gasteiger partial charge < -0.3 is 10.6 Å². The third kappa shape index (κ3) is 4.51. The molecule has 3 rings (SSSR count). The zero-order valence-corrected chi connectivity index (χ0v) is 16.5. The number of aryl methyl sites for hydroxylation is 1. The largest absolute Gasteiger partial charge is 0.355 e. The Balaban J connectivity index is 1.45. The summed E-state index contributed by atoms with van der Waals surface area (Å²) in [5.74, 6) is -0.927. The van der Waals surface area contributed by atoms with Crippen LogP contribution >= 0.6 is 0 Å². The predicted octanol–water partition coefficient (Wildman–Crippen LogP) is 2.05. The Labute approximate surface area is 169 Å². The van der Waals surface area contributed by atoms with Crippen LogP contribution in [0.3, 0.4) is 0 Å². The Hall–Kier alpha value is -3.48. The summed E-state index contributed by atoms with van der Waals surface area (Å²) in [6, 6.07) is 12.2. The number of rotatable bonds is 7. The standard InChI is InChI=1S/C22H23N3O4/c1-14-5-10-17-18(12-14)22(29)25(21(17)28)11-3-4-19(26)24-13-15-6-8-16(9-7-15)20(27)23-2/h5-10,12H,3-4,11,13H2,1-2H3,(H,23,27)(H,24,26). The van der Waals surface area contributed by atoms with Crippen LogP contribution in [0.5, 0.6) is 0 Å². The number of carbonyl (C=O) groups is 4. The fourth-order valence-electron chi connectivity index (χ4n) is 3.21. The summed E-state index contributed by atoms with van der Waals surface area (Å²) in [6.45, 7) is 2.43. The molecule has 29 heavy (non-hydrogen) atoms. The molecule has 1 aliphatic heterocycles. The van der Waals surface area contributed by atoms with Gasteiger partial charge in [-0.2, -0.15) is 0 Å². The number of amides is 4. The minimum atomic E-state index is -0.304. The zero-order chi connectivity index (χ0) is 21.0. The van der Waals surface area contributed by atoms with E-state index in [0.717, 1.165) is 11.1 Å². The maximum absolute atomic E-state index is 12.4. The molecule has 0 atom stereocenters. The second-order valence-electron chi connectivity index (χ2n) is 6.97. The van der Waals surface area contributed by atoms with Gasteiger partial charge in [-0.15, -0.1) is 0 Å². The number of fused-ring (bicyclic) bond motifs is 1. The molecule has 150 valence electrons. The third-order valence-corrected chi connectivity index (χ3v) is 4.84. The molecule has 0 radical (unpaired) electrons. The van der Waals surface area contributed by atoms with E-state index in [1.165, 1.54) is 4.90 Å². The normalized spacial score (nSPS) is 12.7. The van der Waals surface area contributed by atoms with E-state index >= 15 is 0 Å². The molecule has 2 N–H and O–H groups in total. The van der Waals surface area contributed by atoms with Gasteiger partial charge in [0.05, 0.1) is 11.1 Å². The summed E-state index contributed by atoms with van der Waals surface area (Å²) >= 11 is 0. The molecule has 0 fully saturated rings. The lowest BCUT2D eigenvalue weighted by molar-refractivity contribution is -0.121. The van der Waals surface area contributed by atoms with Crippen molar-refractivity contribution in [1.82, 2.24) is 15.5 Å². The molecular weight excluding hydrogens is 370 g/mol. The molecule has 0 aliphatic carbocycles. The van der Waals surface area contributed by atoms with Crippen molar-refractivity contribution in [3.05, 3.63) is 70.3 Å². The molecule has 0 spiro atoms. The van der Waals surface area contributed by atoms with Crippen LogP contribution in [0.4, 0.5) is 0 Å². The number of hydrogen-bond donors (Lipinski definition) is 2. The van der Waals surface area contributed by atoms with E-state index in [-0.39, 0.29) is 36.6 Å². The molecule has 2 aromatic rings. The van der Waals surface area contributed by atoms with E-state index < -0.39 is 0 Å². The number of nitrogens with zero attached hydrogens (tertiary/aromatic N) is 1. The van der Waals surface area contributed by atoms with E-state index in [1.54, 1.807) is 43.4 Å². The fourth-order valence-corrected chi connectivity index (χ4v) is 3.21. The smallest absolute Gasteiger partial charge is 0.261 e. The molecule has 1 heterocycles. The molecule has 0 aromatic heterocycles. The zero-order valence-electron chi connectivity index (χ0n) is 16.5. The van der Waals surface area contributed by atoms with Crippen LogP contribution in [0.1, 0.15) is 55.0 Å². The van der Waals surface area contributed by atoms with Gasteiger partial charge in [-0.1, -0.05) is 23.8 Å². The van der Waals surface area contributed by atoms with Crippen molar-refractivity contribution in [2.75, 3.05) is 13.6 Å². The van der Waals surface area contributed by atoms with Crippen LogP contribution in [0.25, 0.3) is 0 Å². The van der Waals surface area contributed by atoms with Crippen LogP contribution in [0.15, 0.2) is 42.5 Å². The number of nitrogens with one attached hydrogen (secondary N) is 2. The van der Waals surface area contributed by atoms with Gasteiger partial charge in [-0.05, 0) is 43.2 Å². The Morgan fingerprint density at radius 1 is 0.966 bits per heavy atom. The first-order valence-corrected chi connectivity index (χ1v) is 9.45. The highest BCUT2D eigenvalue weighted by Gasteiger charge is 2.34. The van der Waals surface area contributed by atoms with Gasteiger partial charge in [-0.3, -0.25) is 24.1 Å². The number of hydrogen-bond acceptors (Lipinski definition) is 4. The Morgan fingerprint density at radius 2 is 1.66 bits per heavy atom. The quantitative estimate of drug-likeness (QED) is 0.704. The van der Waals surface area contributed by atoms with E-state index in [1.807, 2.05) is 13.0 Å². The number of benzene rings is 2. The molecule has 4 amide bonds. The van der Waals surface area contributed by atoms with Crippen LogP contribution < -0.4 is 10.6 Å². The molecule has 7 heteroatoms. The Bertz CT molecular complexity index is 967. The lowest BCUT2D eigenvalue weighted by Gasteiger charge is -2.13. The number of carbonyl (C=O) groups excluding carboxylic acids is 4. The van der Waals surface area contributed by atoms with Crippen LogP contribution in [-0.4, -0.2) is 42.1 Å². The topological polar surface area (TPSA) is 95.6 Å². The number of imide groups is 1. The van der Waals surface area contributed by atoms with Crippen molar-refractivity contribution < 1.29 is 19.2 Å². The maximum atomic E-state index is 12.4. The minimum absolute atomic E-state index is 0.159. The van der Waals surface area contributed by atoms with Gasteiger partial charge in [0.1, 0.15) is 0 Å². The van der Waals surface area contributed by atoms with Crippen molar-refractivity contribution in [1.29, 1.82) is 0 Å². The van der Waals surface area contributed by atoms with E-state index in [4.69, 9.17) is 0 Å². The van der Waals surface area contributed by atoms with Crippen LogP contribution in [-0.2, 0) is 11.3 Å².